The van der Waals surface area contributed by atoms with E-state index in [1.54, 1.807) is 6.07 Å². The van der Waals surface area contributed by atoms with Crippen molar-refractivity contribution in [3.63, 3.8) is 0 Å². The smallest absolute Gasteiger partial charge is 0.243 e. The van der Waals surface area contributed by atoms with Gasteiger partial charge in [-0.05, 0) is 44.4 Å². The second-order valence-corrected chi connectivity index (χ2v) is 9.34. The lowest BCUT2D eigenvalue weighted by molar-refractivity contribution is -0.125. The van der Waals surface area contributed by atoms with Gasteiger partial charge in [0, 0.05) is 18.5 Å². The summed E-state index contributed by atoms with van der Waals surface area (Å²) in [5.41, 5.74) is 0.0451. The molecule has 0 atom stereocenters. The minimum atomic E-state index is -3.65. The predicted octanol–water partition coefficient (Wildman–Crippen LogP) is 3.02. The van der Waals surface area contributed by atoms with Gasteiger partial charge >= 0.3 is 0 Å². The Hall–Kier alpha value is -1.64. The van der Waals surface area contributed by atoms with Crippen molar-refractivity contribution >= 4 is 21.6 Å². The first-order valence-electron chi connectivity index (χ1n) is 10.1. The fourth-order valence-corrected chi connectivity index (χ4v) is 5.47. The molecule has 1 aliphatic heterocycles. The Bertz CT molecular complexity index is 797. The van der Waals surface area contributed by atoms with Crippen LogP contribution in [0.15, 0.2) is 23.1 Å². The van der Waals surface area contributed by atoms with E-state index in [2.05, 4.69) is 5.32 Å². The van der Waals surface area contributed by atoms with Crippen LogP contribution >= 0.6 is 0 Å². The summed E-state index contributed by atoms with van der Waals surface area (Å²) in [5, 5.41) is 2.97. The van der Waals surface area contributed by atoms with Gasteiger partial charge in [0.15, 0.2) is 0 Å². The Morgan fingerprint density at radius 1 is 1.21 bits per heavy atom. The van der Waals surface area contributed by atoms with Gasteiger partial charge in [-0.25, -0.2) is 8.42 Å². The number of amides is 1. The molecule has 0 bridgehead atoms. The quantitative estimate of drug-likeness (QED) is 0.747. The van der Waals surface area contributed by atoms with Gasteiger partial charge in [0.05, 0.1) is 30.4 Å². The average Bonchev–Trinajstić information content (AvgIpc) is 3.20. The van der Waals surface area contributed by atoms with Crippen molar-refractivity contribution < 1.29 is 22.7 Å². The lowest BCUT2D eigenvalue weighted by Gasteiger charge is -2.28. The van der Waals surface area contributed by atoms with Crippen molar-refractivity contribution in [1.82, 2.24) is 4.31 Å². The number of morpholine rings is 1. The Balaban J connectivity index is 1.90. The van der Waals surface area contributed by atoms with E-state index in [4.69, 9.17) is 9.47 Å². The minimum Gasteiger partial charge on any atom is -0.492 e. The number of carbonyl (C=O) groups is 1. The Morgan fingerprint density at radius 3 is 2.50 bits per heavy atom. The van der Waals surface area contributed by atoms with E-state index in [0.29, 0.717) is 44.3 Å². The molecule has 156 valence electrons. The Labute approximate surface area is 167 Å². The van der Waals surface area contributed by atoms with Crippen LogP contribution in [0.5, 0.6) is 5.75 Å². The van der Waals surface area contributed by atoms with E-state index < -0.39 is 10.0 Å². The first-order chi connectivity index (χ1) is 13.4. The number of ether oxygens (including phenoxy) is 2. The number of sulfonamides is 1. The number of hydrogen-bond donors (Lipinski definition) is 1. The normalized spacial score (nSPS) is 20.1. The summed E-state index contributed by atoms with van der Waals surface area (Å²) in [6.45, 7) is 5.75. The molecule has 3 rings (SSSR count). The molecule has 1 aromatic carbocycles. The van der Waals surface area contributed by atoms with Gasteiger partial charge in [-0.15, -0.1) is 0 Å². The van der Waals surface area contributed by atoms with Gasteiger partial charge in [0.1, 0.15) is 5.75 Å². The van der Waals surface area contributed by atoms with Gasteiger partial charge in [-0.2, -0.15) is 4.31 Å². The van der Waals surface area contributed by atoms with Gasteiger partial charge in [0.25, 0.3) is 0 Å². The third-order valence-corrected chi connectivity index (χ3v) is 7.72. The number of anilines is 1. The van der Waals surface area contributed by atoms with Gasteiger partial charge in [-0.1, -0.05) is 19.8 Å². The van der Waals surface area contributed by atoms with Crippen LogP contribution in [-0.2, 0) is 19.6 Å². The Morgan fingerprint density at radius 2 is 1.89 bits per heavy atom. The lowest BCUT2D eigenvalue weighted by atomic mass is 9.82. The number of hydrogen-bond acceptors (Lipinski definition) is 5. The van der Waals surface area contributed by atoms with Crippen molar-refractivity contribution in [3.8, 4) is 5.75 Å². The zero-order valence-electron chi connectivity index (χ0n) is 16.7. The van der Waals surface area contributed by atoms with Crippen LogP contribution in [0.3, 0.4) is 0 Å². The van der Waals surface area contributed by atoms with E-state index in [0.717, 1.165) is 32.1 Å². The molecule has 0 spiro atoms. The molecule has 28 heavy (non-hydrogen) atoms. The predicted molar refractivity (Wildman–Crippen MR) is 107 cm³/mol. The van der Waals surface area contributed by atoms with Gasteiger partial charge in [-0.3, -0.25) is 4.79 Å². The van der Waals surface area contributed by atoms with E-state index in [9.17, 15) is 13.2 Å². The first-order valence-corrected chi connectivity index (χ1v) is 11.5. The summed E-state index contributed by atoms with van der Waals surface area (Å²) in [5.74, 6) is 0.440. The second kappa shape index (κ2) is 8.80. The van der Waals surface area contributed by atoms with E-state index in [1.165, 1.54) is 16.4 Å². The molecule has 1 amide bonds. The van der Waals surface area contributed by atoms with Crippen molar-refractivity contribution in [1.29, 1.82) is 0 Å². The van der Waals surface area contributed by atoms with Crippen molar-refractivity contribution in [2.45, 2.75) is 50.8 Å². The maximum atomic E-state index is 13.0. The molecule has 1 saturated heterocycles. The summed E-state index contributed by atoms with van der Waals surface area (Å²) < 4.78 is 38.3. The lowest BCUT2D eigenvalue weighted by Crippen LogP contribution is -2.40. The van der Waals surface area contributed by atoms with Crippen LogP contribution in [0.1, 0.15) is 46.0 Å². The number of benzene rings is 1. The molecule has 0 unspecified atom stereocenters. The summed E-state index contributed by atoms with van der Waals surface area (Å²) in [4.78, 5) is 13.2. The first kappa shape index (κ1) is 21.1. The number of nitrogens with one attached hydrogen (secondary N) is 1. The van der Waals surface area contributed by atoms with Crippen LogP contribution in [0.4, 0.5) is 5.69 Å². The largest absolute Gasteiger partial charge is 0.492 e. The van der Waals surface area contributed by atoms with Crippen LogP contribution in [0, 0.1) is 5.41 Å². The highest BCUT2D eigenvalue weighted by Crippen LogP contribution is 2.42. The SMILES string of the molecule is CCOc1ccc(S(=O)(=O)N2CCOCC2)cc1NC(=O)C1(CC)CCCC1. The zero-order chi connectivity index (χ0) is 20.2. The second-order valence-electron chi connectivity index (χ2n) is 7.40. The van der Waals surface area contributed by atoms with Crippen LogP contribution in [0.25, 0.3) is 0 Å². The summed E-state index contributed by atoms with van der Waals surface area (Å²) in [7, 11) is -3.65. The monoisotopic (exact) mass is 410 g/mol. The van der Waals surface area contributed by atoms with Gasteiger partial charge in [0.2, 0.25) is 15.9 Å². The van der Waals surface area contributed by atoms with Crippen LogP contribution in [-0.4, -0.2) is 51.5 Å². The van der Waals surface area contributed by atoms with Crippen molar-refractivity contribution in [3.05, 3.63) is 18.2 Å². The molecule has 2 fully saturated rings. The summed E-state index contributed by atoms with van der Waals surface area (Å²) in [6.07, 6.45) is 4.60. The molecule has 1 heterocycles. The standard InChI is InChI=1S/C20H30N2O5S/c1-3-20(9-5-6-10-20)19(23)21-17-15-16(7-8-18(17)27-4-2)28(24,25)22-11-13-26-14-12-22/h7-8,15H,3-6,9-14H2,1-2H3,(H,21,23). The highest BCUT2D eigenvalue weighted by molar-refractivity contribution is 7.89. The number of rotatable bonds is 7. The molecule has 1 N–H and O–H groups in total. The average molecular weight is 411 g/mol. The van der Waals surface area contributed by atoms with E-state index >= 15 is 0 Å². The molecule has 1 saturated carbocycles. The zero-order valence-corrected chi connectivity index (χ0v) is 17.5. The molecule has 2 aliphatic rings. The molecule has 1 aromatic rings. The molecular formula is C20H30N2O5S. The highest BCUT2D eigenvalue weighted by Gasteiger charge is 2.39. The third kappa shape index (κ3) is 4.18. The molecule has 8 heteroatoms. The molecular weight excluding hydrogens is 380 g/mol. The maximum Gasteiger partial charge on any atom is 0.243 e. The van der Waals surface area contributed by atoms with Gasteiger partial charge < -0.3 is 14.8 Å². The molecule has 0 aromatic heterocycles. The van der Waals surface area contributed by atoms with E-state index in [-0.39, 0.29) is 16.2 Å². The van der Waals surface area contributed by atoms with Crippen molar-refractivity contribution in [2.75, 3.05) is 38.2 Å². The fraction of sp³-hybridized carbons (Fsp3) is 0.650. The van der Waals surface area contributed by atoms with E-state index in [1.807, 2.05) is 13.8 Å². The summed E-state index contributed by atoms with van der Waals surface area (Å²) >= 11 is 0. The maximum absolute atomic E-state index is 13.0. The molecule has 7 nitrogen and oxygen atoms in total. The minimum absolute atomic E-state index is 0.0469. The molecule has 1 aliphatic carbocycles. The number of nitrogens with zero attached hydrogens (tertiary/aromatic N) is 1. The topological polar surface area (TPSA) is 84.9 Å². The van der Waals surface area contributed by atoms with Crippen molar-refractivity contribution in [2.24, 2.45) is 5.41 Å². The van der Waals surface area contributed by atoms with Crippen LogP contribution < -0.4 is 10.1 Å². The fourth-order valence-electron chi connectivity index (χ4n) is 4.03. The third-order valence-electron chi connectivity index (χ3n) is 5.83. The summed E-state index contributed by atoms with van der Waals surface area (Å²) in [6, 6.07) is 4.68. The Kier molecular flexibility index (Phi) is 6.62. The van der Waals surface area contributed by atoms with Crippen LogP contribution in [0.2, 0.25) is 0 Å². The highest BCUT2D eigenvalue weighted by atomic mass is 32.2. The molecule has 0 radical (unpaired) electrons. The number of carbonyl (C=O) groups excluding carboxylic acids is 1.